The van der Waals surface area contributed by atoms with Crippen LogP contribution in [0.15, 0.2) is 30.5 Å². The maximum absolute atomic E-state index is 13.7. The molecule has 2 amide bonds. The second-order valence-corrected chi connectivity index (χ2v) is 9.04. The lowest BCUT2D eigenvalue weighted by Crippen LogP contribution is -2.42. The standard InChI is InChI=1S/C17H19FN4O2.C6H15N/c1-21-16(14(18)10-20-21)13-6-4-12(5-7-13)9-19-17(24)15-3-2-8-22(15)11-23;1-5(7)6(2,3)4/h4-7,10-11,15H,2-3,8-9H2,1H3,(H,19,24);5H,7H2,1-4H3. The number of aryl methyl sites for hydroxylation is 1. The summed E-state index contributed by atoms with van der Waals surface area (Å²) in [6.07, 6.45) is 3.46. The van der Waals surface area contributed by atoms with E-state index in [0.717, 1.165) is 24.0 Å². The van der Waals surface area contributed by atoms with Crippen LogP contribution in [0.2, 0.25) is 0 Å². The van der Waals surface area contributed by atoms with Crippen molar-refractivity contribution in [3.8, 4) is 11.3 Å². The Labute approximate surface area is 183 Å². The molecule has 1 aliphatic heterocycles. The summed E-state index contributed by atoms with van der Waals surface area (Å²) in [5, 5.41) is 6.74. The normalized spacial score (nSPS) is 17.0. The van der Waals surface area contributed by atoms with E-state index in [9.17, 15) is 14.0 Å². The van der Waals surface area contributed by atoms with Gasteiger partial charge in [0.2, 0.25) is 12.3 Å². The third kappa shape index (κ3) is 6.62. The van der Waals surface area contributed by atoms with E-state index in [1.807, 2.05) is 19.1 Å². The summed E-state index contributed by atoms with van der Waals surface area (Å²) < 4.78 is 15.2. The molecular formula is C23H34FN5O2. The van der Waals surface area contributed by atoms with Crippen molar-refractivity contribution in [2.24, 2.45) is 18.2 Å². The Kier molecular flexibility index (Phi) is 8.33. The summed E-state index contributed by atoms with van der Waals surface area (Å²) in [7, 11) is 1.69. The second kappa shape index (κ2) is 10.5. The lowest BCUT2D eigenvalue weighted by molar-refractivity contribution is -0.131. The monoisotopic (exact) mass is 431 g/mol. The van der Waals surface area contributed by atoms with Gasteiger partial charge in [-0.3, -0.25) is 14.3 Å². The van der Waals surface area contributed by atoms with Crippen molar-refractivity contribution in [1.82, 2.24) is 20.0 Å². The van der Waals surface area contributed by atoms with Gasteiger partial charge in [-0.2, -0.15) is 5.10 Å². The van der Waals surface area contributed by atoms with Gasteiger partial charge in [-0.25, -0.2) is 4.39 Å². The predicted octanol–water partition coefficient (Wildman–Crippen LogP) is 2.84. The summed E-state index contributed by atoms with van der Waals surface area (Å²) in [5.74, 6) is -0.505. The first-order chi connectivity index (χ1) is 14.5. The number of nitrogens with one attached hydrogen (secondary N) is 1. The van der Waals surface area contributed by atoms with Gasteiger partial charge in [0.05, 0.1) is 6.20 Å². The van der Waals surface area contributed by atoms with E-state index in [2.05, 4.69) is 31.2 Å². The average Bonchev–Trinajstić information content (AvgIpc) is 3.32. The summed E-state index contributed by atoms with van der Waals surface area (Å²) >= 11 is 0. The van der Waals surface area contributed by atoms with Crippen LogP contribution in [-0.2, 0) is 23.2 Å². The van der Waals surface area contributed by atoms with Crippen molar-refractivity contribution in [3.05, 3.63) is 41.8 Å². The zero-order valence-electron chi connectivity index (χ0n) is 19.1. The van der Waals surface area contributed by atoms with Gasteiger partial charge in [0, 0.05) is 31.7 Å². The Bertz CT molecular complexity index is 852. The largest absolute Gasteiger partial charge is 0.350 e. The van der Waals surface area contributed by atoms with Crippen LogP contribution >= 0.6 is 0 Å². The van der Waals surface area contributed by atoms with E-state index in [4.69, 9.17) is 5.73 Å². The number of halogens is 1. The highest BCUT2D eigenvalue weighted by atomic mass is 19.1. The quantitative estimate of drug-likeness (QED) is 0.712. The molecule has 31 heavy (non-hydrogen) atoms. The highest BCUT2D eigenvalue weighted by Crippen LogP contribution is 2.22. The summed E-state index contributed by atoms with van der Waals surface area (Å²) in [5.41, 5.74) is 7.91. The number of carbonyl (C=O) groups excluding carboxylic acids is 2. The highest BCUT2D eigenvalue weighted by Gasteiger charge is 2.29. The molecule has 1 saturated heterocycles. The number of aromatic nitrogens is 2. The third-order valence-corrected chi connectivity index (χ3v) is 5.69. The molecule has 1 fully saturated rings. The van der Waals surface area contributed by atoms with Crippen molar-refractivity contribution in [2.75, 3.05) is 6.54 Å². The number of amides is 2. The molecule has 1 aliphatic rings. The van der Waals surface area contributed by atoms with Crippen LogP contribution in [0.4, 0.5) is 4.39 Å². The number of likely N-dealkylation sites (tertiary alicyclic amines) is 1. The molecule has 0 bridgehead atoms. The van der Waals surface area contributed by atoms with Crippen LogP contribution in [0.5, 0.6) is 0 Å². The molecule has 2 atom stereocenters. The summed E-state index contributed by atoms with van der Waals surface area (Å²) in [6.45, 7) is 9.44. The number of rotatable bonds is 5. The third-order valence-electron chi connectivity index (χ3n) is 5.69. The molecular weight excluding hydrogens is 397 g/mol. The van der Waals surface area contributed by atoms with E-state index < -0.39 is 0 Å². The molecule has 2 heterocycles. The van der Waals surface area contributed by atoms with Crippen LogP contribution in [0, 0.1) is 11.2 Å². The Balaban J connectivity index is 0.000000423. The number of benzene rings is 1. The zero-order chi connectivity index (χ0) is 23.2. The first-order valence-electron chi connectivity index (χ1n) is 10.6. The van der Waals surface area contributed by atoms with Crippen LogP contribution in [0.1, 0.15) is 46.1 Å². The molecule has 0 spiro atoms. The van der Waals surface area contributed by atoms with Crippen LogP contribution in [0.25, 0.3) is 11.3 Å². The van der Waals surface area contributed by atoms with Gasteiger partial charge in [0.1, 0.15) is 11.7 Å². The van der Waals surface area contributed by atoms with Gasteiger partial charge in [0.15, 0.2) is 5.82 Å². The predicted molar refractivity (Wildman–Crippen MR) is 119 cm³/mol. The number of carbonyl (C=O) groups is 2. The van der Waals surface area contributed by atoms with Crippen molar-refractivity contribution in [2.45, 2.75) is 59.2 Å². The fourth-order valence-electron chi connectivity index (χ4n) is 3.02. The summed E-state index contributed by atoms with van der Waals surface area (Å²) in [6, 6.07) is 7.21. The van der Waals surface area contributed by atoms with E-state index in [0.29, 0.717) is 31.2 Å². The first kappa shape index (κ1) is 24.5. The number of nitrogens with zero attached hydrogens (tertiary/aromatic N) is 3. The fraction of sp³-hybridized carbons (Fsp3) is 0.522. The summed E-state index contributed by atoms with van der Waals surface area (Å²) in [4.78, 5) is 24.6. The van der Waals surface area contributed by atoms with E-state index >= 15 is 0 Å². The number of hydrogen-bond donors (Lipinski definition) is 2. The number of nitrogens with two attached hydrogens (primary N) is 1. The Hall–Kier alpha value is -2.74. The van der Waals surface area contributed by atoms with Crippen molar-refractivity contribution < 1.29 is 14.0 Å². The Morgan fingerprint density at radius 3 is 2.45 bits per heavy atom. The SMILES string of the molecule is CC(N)C(C)(C)C.Cn1ncc(F)c1-c1ccc(CNC(=O)C2CCCN2C=O)cc1. The van der Waals surface area contributed by atoms with Gasteiger partial charge in [-0.1, -0.05) is 45.0 Å². The maximum atomic E-state index is 13.7. The molecule has 3 rings (SSSR count). The molecule has 0 aliphatic carbocycles. The van der Waals surface area contributed by atoms with Crippen LogP contribution in [0.3, 0.4) is 0 Å². The van der Waals surface area contributed by atoms with Gasteiger partial charge in [-0.05, 0) is 30.7 Å². The molecule has 1 aromatic carbocycles. The van der Waals surface area contributed by atoms with Gasteiger partial charge in [0.25, 0.3) is 0 Å². The van der Waals surface area contributed by atoms with E-state index in [1.165, 1.54) is 15.8 Å². The van der Waals surface area contributed by atoms with Crippen molar-refractivity contribution >= 4 is 12.3 Å². The molecule has 2 unspecified atom stereocenters. The molecule has 1 aromatic heterocycles. The van der Waals surface area contributed by atoms with Crippen LogP contribution < -0.4 is 11.1 Å². The fourth-order valence-corrected chi connectivity index (χ4v) is 3.02. The zero-order valence-corrected chi connectivity index (χ0v) is 19.1. The average molecular weight is 432 g/mol. The van der Waals surface area contributed by atoms with Gasteiger partial charge >= 0.3 is 0 Å². The lowest BCUT2D eigenvalue weighted by atomic mass is 9.89. The smallest absolute Gasteiger partial charge is 0.243 e. The maximum Gasteiger partial charge on any atom is 0.243 e. The molecule has 0 radical (unpaired) electrons. The topological polar surface area (TPSA) is 93.2 Å². The van der Waals surface area contributed by atoms with Gasteiger partial charge in [-0.15, -0.1) is 0 Å². The first-order valence-corrected chi connectivity index (χ1v) is 10.6. The van der Waals surface area contributed by atoms with Crippen molar-refractivity contribution in [1.29, 1.82) is 0 Å². The minimum absolute atomic E-state index is 0.138. The molecule has 7 nitrogen and oxygen atoms in total. The van der Waals surface area contributed by atoms with Crippen molar-refractivity contribution in [3.63, 3.8) is 0 Å². The molecule has 2 aromatic rings. The highest BCUT2D eigenvalue weighted by molar-refractivity contribution is 5.84. The lowest BCUT2D eigenvalue weighted by Gasteiger charge is -2.22. The van der Waals surface area contributed by atoms with Gasteiger partial charge < -0.3 is 16.0 Å². The molecule has 170 valence electrons. The van der Waals surface area contributed by atoms with Crippen LogP contribution in [-0.4, -0.2) is 45.6 Å². The second-order valence-electron chi connectivity index (χ2n) is 9.04. The Morgan fingerprint density at radius 2 is 1.97 bits per heavy atom. The molecule has 0 saturated carbocycles. The molecule has 3 N–H and O–H groups in total. The van der Waals surface area contributed by atoms with E-state index in [-0.39, 0.29) is 23.2 Å². The minimum atomic E-state index is -0.370. The minimum Gasteiger partial charge on any atom is -0.350 e. The van der Waals surface area contributed by atoms with E-state index in [1.54, 1.807) is 19.2 Å². The molecule has 8 heteroatoms. The number of hydrogen-bond acceptors (Lipinski definition) is 4. The Morgan fingerprint density at radius 1 is 1.35 bits per heavy atom.